The molecule has 0 saturated heterocycles. The number of carbonyl (C=O) groups is 1. The molecule has 0 aromatic heterocycles. The average molecular weight is 378 g/mol. The average Bonchev–Trinajstić information content (AvgIpc) is 3.00. The van der Waals surface area contributed by atoms with Crippen LogP contribution in [0.1, 0.15) is 11.1 Å². The lowest BCUT2D eigenvalue weighted by Crippen LogP contribution is -2.46. The molecule has 27 heavy (non-hydrogen) atoms. The van der Waals surface area contributed by atoms with Crippen LogP contribution in [-0.4, -0.2) is 74.6 Å². The molecular weight excluding hydrogens is 356 g/mol. The summed E-state index contributed by atoms with van der Waals surface area (Å²) in [6, 6.07) is 7.50. The van der Waals surface area contributed by atoms with E-state index in [0.29, 0.717) is 0 Å². The van der Waals surface area contributed by atoms with Crippen LogP contribution in [0.4, 0.5) is 0 Å². The van der Waals surface area contributed by atoms with E-state index in [0.717, 1.165) is 17.3 Å². The number of nitrogens with one attached hydrogen (secondary N) is 2. The van der Waals surface area contributed by atoms with E-state index in [1.165, 1.54) is 0 Å². The molecule has 1 heterocycles. The van der Waals surface area contributed by atoms with Crippen LogP contribution in [0, 0.1) is 6.92 Å². The number of amides is 1. The van der Waals surface area contributed by atoms with Gasteiger partial charge in [0.25, 0.3) is 5.91 Å². The fourth-order valence-corrected chi connectivity index (χ4v) is 2.14. The van der Waals surface area contributed by atoms with Crippen molar-refractivity contribution in [3.05, 3.63) is 41.1 Å². The van der Waals surface area contributed by atoms with Crippen LogP contribution in [0.15, 0.2) is 40.1 Å². The van der Waals surface area contributed by atoms with Gasteiger partial charge >= 0.3 is 0 Å². The van der Waals surface area contributed by atoms with Gasteiger partial charge in [0.1, 0.15) is 30.1 Å². The van der Waals surface area contributed by atoms with Crippen molar-refractivity contribution in [3.8, 4) is 0 Å². The summed E-state index contributed by atoms with van der Waals surface area (Å²) in [5, 5.41) is 52.9. The minimum Gasteiger partial charge on any atom is -0.394 e. The number of benzene rings is 1. The predicted molar refractivity (Wildman–Crippen MR) is 97.5 cm³/mol. The summed E-state index contributed by atoms with van der Waals surface area (Å²) in [5.74, 6) is -0.414. The summed E-state index contributed by atoms with van der Waals surface area (Å²) in [7, 11) is 0. The Morgan fingerprint density at radius 2 is 1.85 bits per heavy atom. The van der Waals surface area contributed by atoms with Gasteiger partial charge in [-0.05, 0) is 18.6 Å². The smallest absolute Gasteiger partial charge is 0.276 e. The highest BCUT2D eigenvalue weighted by molar-refractivity contribution is 6.13. The zero-order valence-electron chi connectivity index (χ0n) is 14.5. The second kappa shape index (κ2) is 9.35. The van der Waals surface area contributed by atoms with Crippen LogP contribution in [-0.2, 0) is 4.79 Å². The van der Waals surface area contributed by atoms with E-state index in [1.807, 2.05) is 31.2 Å². The predicted octanol–water partition coefficient (Wildman–Crippen LogP) is -2.17. The third-order valence-corrected chi connectivity index (χ3v) is 3.76. The van der Waals surface area contributed by atoms with E-state index in [1.54, 1.807) is 6.08 Å². The van der Waals surface area contributed by atoms with Crippen LogP contribution < -0.4 is 10.7 Å². The largest absolute Gasteiger partial charge is 0.394 e. The van der Waals surface area contributed by atoms with Crippen molar-refractivity contribution in [3.63, 3.8) is 0 Å². The standard InChI is InChI=1S/C17H22N4O6/c1-9-2-4-10(5-3-9)6-11-16(27)20-17(19-11)21-18-7-12(23)14(25)15(26)13(24)8-22/h2-7,12-15,22-26H,8H2,1H3,(H2,19,20,21,27)/b11-6-,18-7?/t12-,13-,14-,15-/m1/s1. The first-order valence-corrected chi connectivity index (χ1v) is 8.12. The van der Waals surface area contributed by atoms with Gasteiger partial charge in [0.2, 0.25) is 5.96 Å². The van der Waals surface area contributed by atoms with Gasteiger partial charge in [-0.15, -0.1) is 0 Å². The van der Waals surface area contributed by atoms with Crippen LogP contribution >= 0.6 is 0 Å². The molecule has 0 saturated carbocycles. The summed E-state index contributed by atoms with van der Waals surface area (Å²) < 4.78 is 0. The number of guanidine groups is 1. The van der Waals surface area contributed by atoms with Crippen molar-refractivity contribution < 1.29 is 30.3 Å². The van der Waals surface area contributed by atoms with Crippen LogP contribution in [0.2, 0.25) is 0 Å². The first-order chi connectivity index (χ1) is 12.8. The summed E-state index contributed by atoms with van der Waals surface area (Å²) in [5.41, 5.74) is 4.44. The molecule has 2 rings (SSSR count). The fraction of sp³-hybridized carbons (Fsp3) is 0.353. The number of aliphatic hydroxyl groups excluding tert-OH is 5. The Bertz CT molecular complexity index is 746. The minimum atomic E-state index is -1.77. The van der Waals surface area contributed by atoms with E-state index < -0.39 is 36.9 Å². The molecule has 1 aromatic rings. The quantitative estimate of drug-likeness (QED) is 0.161. The highest BCUT2D eigenvalue weighted by Gasteiger charge is 2.29. The number of hydrogen-bond donors (Lipinski definition) is 7. The minimum absolute atomic E-state index is 0.0206. The number of aryl methyl sites for hydroxylation is 1. The number of nitrogens with zero attached hydrogens (tertiary/aromatic N) is 2. The fourth-order valence-electron chi connectivity index (χ4n) is 2.14. The van der Waals surface area contributed by atoms with Gasteiger partial charge in [-0.3, -0.25) is 10.1 Å². The number of aliphatic imine (C=N–C) groups is 1. The Hall–Kier alpha value is -2.63. The summed E-state index contributed by atoms with van der Waals surface area (Å²) >= 11 is 0. The van der Waals surface area contributed by atoms with Gasteiger partial charge in [-0.1, -0.05) is 29.8 Å². The molecule has 0 spiro atoms. The molecule has 7 N–H and O–H groups in total. The molecule has 0 radical (unpaired) electrons. The lowest BCUT2D eigenvalue weighted by molar-refractivity contribution is -0.115. The maximum atomic E-state index is 11.9. The van der Waals surface area contributed by atoms with Crippen LogP contribution in [0.3, 0.4) is 0 Å². The number of aliphatic hydroxyl groups is 5. The molecule has 4 atom stereocenters. The molecule has 1 aliphatic heterocycles. The summed E-state index contributed by atoms with van der Waals surface area (Å²) in [4.78, 5) is 15.9. The van der Waals surface area contributed by atoms with Crippen molar-refractivity contribution in [1.82, 2.24) is 10.7 Å². The zero-order valence-corrected chi connectivity index (χ0v) is 14.5. The zero-order chi connectivity index (χ0) is 20.0. The molecule has 0 aliphatic carbocycles. The van der Waals surface area contributed by atoms with E-state index in [-0.39, 0.29) is 11.7 Å². The Morgan fingerprint density at radius 1 is 1.19 bits per heavy atom. The van der Waals surface area contributed by atoms with Crippen molar-refractivity contribution in [2.24, 2.45) is 10.1 Å². The van der Waals surface area contributed by atoms with E-state index in [2.05, 4.69) is 20.8 Å². The van der Waals surface area contributed by atoms with Crippen LogP contribution in [0.5, 0.6) is 0 Å². The molecule has 0 unspecified atom stereocenters. The maximum absolute atomic E-state index is 11.9. The summed E-state index contributed by atoms with van der Waals surface area (Å²) in [6.45, 7) is 1.17. The maximum Gasteiger partial charge on any atom is 0.276 e. The Kier molecular flexibility index (Phi) is 7.16. The van der Waals surface area contributed by atoms with Gasteiger partial charge in [0, 0.05) is 0 Å². The van der Waals surface area contributed by atoms with E-state index in [4.69, 9.17) is 5.11 Å². The van der Waals surface area contributed by atoms with Gasteiger partial charge < -0.3 is 25.5 Å². The summed E-state index contributed by atoms with van der Waals surface area (Å²) in [6.07, 6.45) is -4.32. The highest BCUT2D eigenvalue weighted by atomic mass is 16.4. The topological polar surface area (TPSA) is 167 Å². The lowest BCUT2D eigenvalue weighted by Gasteiger charge is -2.23. The Balaban J connectivity index is 1.96. The molecule has 0 fully saturated rings. The van der Waals surface area contributed by atoms with Crippen molar-refractivity contribution in [2.75, 3.05) is 6.61 Å². The third-order valence-electron chi connectivity index (χ3n) is 3.76. The molecule has 0 bridgehead atoms. The molecule has 1 amide bonds. The van der Waals surface area contributed by atoms with E-state index in [9.17, 15) is 25.2 Å². The molecule has 10 nitrogen and oxygen atoms in total. The Labute approximate surface area is 155 Å². The van der Waals surface area contributed by atoms with Crippen molar-refractivity contribution in [1.29, 1.82) is 0 Å². The molecular formula is C17H22N4O6. The number of hydrogen-bond acceptors (Lipinski definition) is 9. The molecule has 146 valence electrons. The highest BCUT2D eigenvalue weighted by Crippen LogP contribution is 2.12. The van der Waals surface area contributed by atoms with E-state index >= 15 is 0 Å². The number of carbonyl (C=O) groups excluding carboxylic acids is 1. The Morgan fingerprint density at radius 3 is 2.48 bits per heavy atom. The lowest BCUT2D eigenvalue weighted by atomic mass is 10.0. The second-order valence-electron chi connectivity index (χ2n) is 5.97. The number of rotatable bonds is 7. The second-order valence-corrected chi connectivity index (χ2v) is 5.97. The molecule has 10 heteroatoms. The van der Waals surface area contributed by atoms with Gasteiger partial charge in [-0.2, -0.15) is 5.10 Å². The van der Waals surface area contributed by atoms with Crippen molar-refractivity contribution >= 4 is 24.2 Å². The normalized spacial score (nSPS) is 20.3. The first-order valence-electron chi connectivity index (χ1n) is 8.12. The monoisotopic (exact) mass is 378 g/mol. The van der Waals surface area contributed by atoms with Gasteiger partial charge in [-0.25, -0.2) is 10.4 Å². The van der Waals surface area contributed by atoms with Crippen LogP contribution in [0.25, 0.3) is 6.08 Å². The third kappa shape index (κ3) is 5.67. The molecule has 1 aromatic carbocycles. The number of hydrazone groups is 1. The molecule has 1 aliphatic rings. The SMILES string of the molecule is Cc1ccc(/C=C2\N=C(NN=C[C@@H](O)[C@@H](O)[C@H](O)[C@H](O)CO)NC2=O)cc1. The first kappa shape index (κ1) is 20.7. The van der Waals surface area contributed by atoms with Gasteiger partial charge in [0.05, 0.1) is 12.8 Å². The van der Waals surface area contributed by atoms with Crippen molar-refractivity contribution in [2.45, 2.75) is 31.3 Å². The van der Waals surface area contributed by atoms with Gasteiger partial charge in [0.15, 0.2) is 0 Å².